The molecular formula is C24H41IO2. The Morgan fingerprint density at radius 3 is 2.22 bits per heavy atom. The van der Waals surface area contributed by atoms with Crippen molar-refractivity contribution in [1.82, 2.24) is 0 Å². The number of hydrogen-bond donors (Lipinski definition) is 0. The first-order valence-electron chi connectivity index (χ1n) is 10.6. The van der Waals surface area contributed by atoms with Crippen LogP contribution in [0.5, 0.6) is 5.75 Å². The summed E-state index contributed by atoms with van der Waals surface area (Å²) >= 11 is -0.930. The van der Waals surface area contributed by atoms with E-state index in [0.29, 0.717) is 5.41 Å². The van der Waals surface area contributed by atoms with Gasteiger partial charge in [-0.3, -0.25) is 0 Å². The Bertz CT molecular complexity index is 526. The molecule has 1 aliphatic rings. The van der Waals surface area contributed by atoms with Crippen molar-refractivity contribution in [1.29, 1.82) is 0 Å². The van der Waals surface area contributed by atoms with Gasteiger partial charge in [-0.05, 0) is 0 Å². The number of ether oxygens (including phenoxy) is 2. The molecule has 1 aromatic carbocycles. The Morgan fingerprint density at radius 1 is 1.04 bits per heavy atom. The van der Waals surface area contributed by atoms with E-state index in [1.807, 2.05) is 6.92 Å². The first-order valence-corrected chi connectivity index (χ1v) is 16.2. The molecule has 1 fully saturated rings. The van der Waals surface area contributed by atoms with Crippen molar-refractivity contribution in [3.05, 3.63) is 29.8 Å². The molecule has 2 rings (SSSR count). The van der Waals surface area contributed by atoms with Gasteiger partial charge >= 0.3 is 156 Å². The number of alkyl halides is 3. The van der Waals surface area contributed by atoms with E-state index < -0.39 is 19.8 Å². The summed E-state index contributed by atoms with van der Waals surface area (Å²) in [5.41, 5.74) is 1.86. The molecule has 0 bridgehead atoms. The van der Waals surface area contributed by atoms with E-state index in [9.17, 15) is 0 Å². The van der Waals surface area contributed by atoms with Crippen molar-refractivity contribution in [3.8, 4) is 5.75 Å². The second-order valence-electron chi connectivity index (χ2n) is 9.46. The summed E-state index contributed by atoms with van der Waals surface area (Å²) in [6.45, 7) is 9.88. The SMILES string of the molecule is CC(OCCC1CCCCC1)Oc1ccc(C(CC(C)(C)C)I(C)C)cc1. The van der Waals surface area contributed by atoms with Gasteiger partial charge in [-0.2, -0.15) is 0 Å². The second kappa shape index (κ2) is 11.0. The van der Waals surface area contributed by atoms with E-state index in [2.05, 4.69) is 54.9 Å². The van der Waals surface area contributed by atoms with Crippen molar-refractivity contribution in [2.75, 3.05) is 16.5 Å². The summed E-state index contributed by atoms with van der Waals surface area (Å²) in [5, 5.41) is 0. The first kappa shape index (κ1) is 23.0. The predicted molar refractivity (Wildman–Crippen MR) is 126 cm³/mol. The third-order valence-corrected chi connectivity index (χ3v) is 9.63. The van der Waals surface area contributed by atoms with Gasteiger partial charge in [-0.25, -0.2) is 0 Å². The average Bonchev–Trinajstić information content (AvgIpc) is 2.60. The van der Waals surface area contributed by atoms with Crippen LogP contribution < -0.4 is 4.74 Å². The number of rotatable bonds is 9. The molecule has 0 spiro atoms. The molecule has 0 heterocycles. The Balaban J connectivity index is 1.81. The molecule has 2 nitrogen and oxygen atoms in total. The Kier molecular flexibility index (Phi) is 9.40. The van der Waals surface area contributed by atoms with Crippen LogP contribution >= 0.6 is 19.8 Å². The topological polar surface area (TPSA) is 18.5 Å². The summed E-state index contributed by atoms with van der Waals surface area (Å²) in [5.74, 6) is 1.79. The molecule has 1 saturated carbocycles. The average molecular weight is 488 g/mol. The molecule has 0 N–H and O–H groups in total. The molecular weight excluding hydrogens is 447 g/mol. The summed E-state index contributed by atoms with van der Waals surface area (Å²) in [7, 11) is 0. The van der Waals surface area contributed by atoms with Crippen LogP contribution in [0.1, 0.15) is 82.1 Å². The van der Waals surface area contributed by atoms with Crippen LogP contribution in [-0.2, 0) is 4.74 Å². The minimum absolute atomic E-state index is 0.175. The maximum absolute atomic E-state index is 5.99. The quantitative estimate of drug-likeness (QED) is 0.202. The first-order chi connectivity index (χ1) is 12.7. The molecule has 27 heavy (non-hydrogen) atoms. The van der Waals surface area contributed by atoms with Gasteiger partial charge in [0.2, 0.25) is 0 Å². The predicted octanol–water partition coefficient (Wildman–Crippen LogP) is 7.64. The van der Waals surface area contributed by atoms with E-state index in [-0.39, 0.29) is 6.29 Å². The molecule has 156 valence electrons. The molecule has 0 aliphatic heterocycles. The second-order valence-corrected chi connectivity index (χ2v) is 15.6. The fraction of sp³-hybridized carbons (Fsp3) is 0.750. The summed E-state index contributed by atoms with van der Waals surface area (Å²) < 4.78 is 12.6. The fourth-order valence-electron chi connectivity index (χ4n) is 3.92. The standard InChI is InChI=1S/C24H41IO2/c1-19(26-17-16-20-10-8-7-9-11-20)27-22-14-12-21(13-15-22)23(25(5)6)18-24(2,3)4/h12-15,19-20,23H,7-11,16-18H2,1-6H3. The van der Waals surface area contributed by atoms with Crippen LogP contribution in [0.4, 0.5) is 0 Å². The molecule has 0 aromatic heterocycles. The van der Waals surface area contributed by atoms with Gasteiger partial charge in [-0.15, -0.1) is 0 Å². The zero-order valence-corrected chi connectivity index (χ0v) is 20.6. The Labute approximate surface area is 175 Å². The number of benzene rings is 1. The van der Waals surface area contributed by atoms with Gasteiger partial charge in [0, 0.05) is 0 Å². The molecule has 1 aliphatic carbocycles. The van der Waals surface area contributed by atoms with E-state index in [4.69, 9.17) is 9.47 Å². The van der Waals surface area contributed by atoms with Crippen molar-refractivity contribution in [2.24, 2.45) is 11.3 Å². The van der Waals surface area contributed by atoms with E-state index in [1.165, 1.54) is 50.5 Å². The summed E-state index contributed by atoms with van der Waals surface area (Å²) in [6.07, 6.45) is 9.27. The zero-order chi connectivity index (χ0) is 19.9. The molecule has 3 heteroatoms. The molecule has 2 unspecified atom stereocenters. The van der Waals surface area contributed by atoms with Gasteiger partial charge in [0.25, 0.3) is 0 Å². The minimum atomic E-state index is -0.930. The van der Waals surface area contributed by atoms with E-state index >= 15 is 0 Å². The number of halogens is 1. The van der Waals surface area contributed by atoms with Gasteiger partial charge in [0.1, 0.15) is 0 Å². The van der Waals surface area contributed by atoms with Gasteiger partial charge in [-0.1, -0.05) is 19.3 Å². The zero-order valence-electron chi connectivity index (χ0n) is 18.4. The third kappa shape index (κ3) is 8.72. The molecule has 0 radical (unpaired) electrons. The maximum atomic E-state index is 5.99. The summed E-state index contributed by atoms with van der Waals surface area (Å²) in [4.78, 5) is 4.96. The molecule has 0 saturated heterocycles. The fourth-order valence-corrected chi connectivity index (χ4v) is 7.97. The van der Waals surface area contributed by atoms with Gasteiger partial charge in [0.05, 0.1) is 0 Å². The number of hydrogen-bond acceptors (Lipinski definition) is 2. The molecule has 0 amide bonds. The van der Waals surface area contributed by atoms with Crippen LogP contribution in [0.15, 0.2) is 24.3 Å². The van der Waals surface area contributed by atoms with Crippen LogP contribution in [-0.4, -0.2) is 22.8 Å². The van der Waals surface area contributed by atoms with Gasteiger partial charge in [0.15, 0.2) is 0 Å². The molecule has 2 atom stereocenters. The normalized spacial score (nSPS) is 18.8. The monoisotopic (exact) mass is 488 g/mol. The third-order valence-electron chi connectivity index (χ3n) is 5.47. The van der Waals surface area contributed by atoms with Crippen LogP contribution in [0.3, 0.4) is 0 Å². The van der Waals surface area contributed by atoms with Crippen LogP contribution in [0.25, 0.3) is 0 Å². The van der Waals surface area contributed by atoms with Crippen LogP contribution in [0, 0.1) is 11.3 Å². The van der Waals surface area contributed by atoms with E-state index in [1.54, 1.807) is 0 Å². The van der Waals surface area contributed by atoms with Crippen molar-refractivity contribution in [3.63, 3.8) is 0 Å². The van der Waals surface area contributed by atoms with Crippen LogP contribution in [0.2, 0.25) is 0 Å². The summed E-state index contributed by atoms with van der Waals surface area (Å²) in [6, 6.07) is 8.81. The van der Waals surface area contributed by atoms with Gasteiger partial charge < -0.3 is 0 Å². The Hall–Kier alpha value is -0.290. The molecule has 1 aromatic rings. The van der Waals surface area contributed by atoms with Crippen molar-refractivity contribution < 1.29 is 9.47 Å². The Morgan fingerprint density at radius 2 is 1.67 bits per heavy atom. The van der Waals surface area contributed by atoms with Crippen molar-refractivity contribution >= 4 is 19.8 Å². The van der Waals surface area contributed by atoms with E-state index in [0.717, 1.165) is 22.2 Å². The van der Waals surface area contributed by atoms with Crippen molar-refractivity contribution in [2.45, 2.75) is 82.9 Å².